The van der Waals surface area contributed by atoms with Crippen LogP contribution in [0.15, 0.2) is 35.7 Å². The molecule has 1 aromatic carbocycles. The lowest BCUT2D eigenvalue weighted by Gasteiger charge is -2.18. The van der Waals surface area contributed by atoms with E-state index in [0.29, 0.717) is 11.7 Å². The molecule has 0 amide bonds. The first-order chi connectivity index (χ1) is 9.63. The van der Waals surface area contributed by atoms with Crippen LogP contribution >= 0.6 is 22.9 Å². The molecule has 20 heavy (non-hydrogen) atoms. The molecule has 3 nitrogen and oxygen atoms in total. The highest BCUT2D eigenvalue weighted by atomic mass is 35.5. The Morgan fingerprint density at radius 3 is 2.65 bits per heavy atom. The monoisotopic (exact) mass is 303 g/mol. The average Bonchev–Trinajstić information content (AvgIpc) is 2.88. The number of rotatable bonds is 3. The molecule has 0 atom stereocenters. The number of hydrogen-bond acceptors (Lipinski definition) is 4. The highest BCUT2D eigenvalue weighted by Crippen LogP contribution is 2.25. The fraction of sp³-hybridized carbons (Fsp3) is 0.200. The summed E-state index contributed by atoms with van der Waals surface area (Å²) in [7, 11) is 2.03. The number of halogens is 1. The van der Waals surface area contributed by atoms with E-state index in [1.807, 2.05) is 18.5 Å². The number of benzene rings is 1. The van der Waals surface area contributed by atoms with Gasteiger partial charge in [-0.2, -0.15) is 0 Å². The summed E-state index contributed by atoms with van der Waals surface area (Å²) in [5.74, 6) is 0.744. The van der Waals surface area contributed by atoms with E-state index in [0.717, 1.165) is 21.7 Å². The molecule has 5 heteroatoms. The molecule has 0 aliphatic rings. The Labute approximate surface area is 126 Å². The Balaban J connectivity index is 1.86. The van der Waals surface area contributed by atoms with E-state index in [-0.39, 0.29) is 0 Å². The Morgan fingerprint density at radius 1 is 1.15 bits per heavy atom. The van der Waals surface area contributed by atoms with Crippen LogP contribution in [0.5, 0.6) is 0 Å². The molecule has 0 spiro atoms. The van der Waals surface area contributed by atoms with Gasteiger partial charge in [0.2, 0.25) is 0 Å². The van der Waals surface area contributed by atoms with Crippen LogP contribution in [0.2, 0.25) is 5.15 Å². The largest absolute Gasteiger partial charge is 0.367 e. The molecular formula is C15H14ClN3S. The van der Waals surface area contributed by atoms with Gasteiger partial charge in [-0.3, -0.25) is 0 Å². The molecule has 0 aliphatic heterocycles. The molecule has 0 saturated carbocycles. The quantitative estimate of drug-likeness (QED) is 0.676. The summed E-state index contributed by atoms with van der Waals surface area (Å²) in [4.78, 5) is 12.0. The van der Waals surface area contributed by atoms with Crippen molar-refractivity contribution >= 4 is 38.8 Å². The lowest BCUT2D eigenvalue weighted by molar-refractivity contribution is 0.849. The summed E-state index contributed by atoms with van der Waals surface area (Å²) in [6, 6.07) is 10.3. The van der Waals surface area contributed by atoms with Crippen LogP contribution in [0, 0.1) is 6.92 Å². The summed E-state index contributed by atoms with van der Waals surface area (Å²) < 4.78 is 0. The number of aryl methyl sites for hydroxylation is 1. The second kappa shape index (κ2) is 5.38. The van der Waals surface area contributed by atoms with Gasteiger partial charge in [0, 0.05) is 18.1 Å². The maximum atomic E-state index is 6.19. The van der Waals surface area contributed by atoms with Crippen molar-refractivity contribution in [2.24, 2.45) is 0 Å². The number of anilines is 1. The maximum absolute atomic E-state index is 6.19. The predicted molar refractivity (Wildman–Crippen MR) is 85.7 cm³/mol. The molecule has 0 unspecified atom stereocenters. The van der Waals surface area contributed by atoms with Crippen molar-refractivity contribution in [3.05, 3.63) is 52.3 Å². The first-order valence-corrected chi connectivity index (χ1v) is 7.56. The second-order valence-corrected chi connectivity index (χ2v) is 6.01. The molecule has 0 bridgehead atoms. The zero-order chi connectivity index (χ0) is 14.1. The minimum Gasteiger partial charge on any atom is -0.367 e. The van der Waals surface area contributed by atoms with Crippen molar-refractivity contribution in [1.82, 2.24) is 9.97 Å². The second-order valence-electron chi connectivity index (χ2n) is 4.76. The van der Waals surface area contributed by atoms with Gasteiger partial charge in [-0.25, -0.2) is 9.97 Å². The Kier molecular flexibility index (Phi) is 3.59. The van der Waals surface area contributed by atoms with Gasteiger partial charge in [0.15, 0.2) is 5.82 Å². The normalized spacial score (nSPS) is 10.9. The van der Waals surface area contributed by atoms with Gasteiger partial charge >= 0.3 is 0 Å². The fourth-order valence-electron chi connectivity index (χ4n) is 2.03. The van der Waals surface area contributed by atoms with Crippen LogP contribution in [0.3, 0.4) is 0 Å². The van der Waals surface area contributed by atoms with Gasteiger partial charge in [-0.05, 0) is 30.5 Å². The standard InChI is InChI=1S/C15H14ClN3S/c1-10-3-5-11(6-4-10)19(2)9-13-17-14(16)12-7-8-20-15(12)18-13/h3-8H,9H2,1-2H3. The van der Waals surface area contributed by atoms with Crippen molar-refractivity contribution in [3.8, 4) is 0 Å². The van der Waals surface area contributed by atoms with Crippen LogP contribution in [0.4, 0.5) is 5.69 Å². The number of hydrogen-bond donors (Lipinski definition) is 0. The van der Waals surface area contributed by atoms with Gasteiger partial charge in [0.25, 0.3) is 0 Å². The Hall–Kier alpha value is -1.65. The van der Waals surface area contributed by atoms with E-state index in [9.17, 15) is 0 Å². The average molecular weight is 304 g/mol. The molecule has 0 fully saturated rings. The van der Waals surface area contributed by atoms with Crippen LogP contribution in [0.1, 0.15) is 11.4 Å². The van der Waals surface area contributed by atoms with Gasteiger partial charge < -0.3 is 4.90 Å². The van der Waals surface area contributed by atoms with Gasteiger partial charge in [0.1, 0.15) is 9.98 Å². The van der Waals surface area contributed by atoms with Gasteiger partial charge in [-0.15, -0.1) is 11.3 Å². The molecule has 2 heterocycles. The number of aromatic nitrogens is 2. The first-order valence-electron chi connectivity index (χ1n) is 6.31. The number of fused-ring (bicyclic) bond motifs is 1. The Bertz CT molecular complexity index is 736. The number of nitrogens with zero attached hydrogens (tertiary/aromatic N) is 3. The molecular weight excluding hydrogens is 290 g/mol. The van der Waals surface area contributed by atoms with Gasteiger partial charge in [0.05, 0.1) is 6.54 Å². The lowest BCUT2D eigenvalue weighted by Crippen LogP contribution is -2.18. The zero-order valence-corrected chi connectivity index (χ0v) is 12.9. The van der Waals surface area contributed by atoms with E-state index in [2.05, 4.69) is 46.1 Å². The summed E-state index contributed by atoms with van der Waals surface area (Å²) in [5.41, 5.74) is 2.39. The molecule has 0 saturated heterocycles. The topological polar surface area (TPSA) is 29.0 Å². The summed E-state index contributed by atoms with van der Waals surface area (Å²) in [5, 5.41) is 3.44. The molecule has 0 N–H and O–H groups in total. The highest BCUT2D eigenvalue weighted by Gasteiger charge is 2.09. The molecule has 2 aromatic heterocycles. The minimum atomic E-state index is 0.531. The van der Waals surface area contributed by atoms with Crippen LogP contribution in [0.25, 0.3) is 10.2 Å². The molecule has 3 rings (SSSR count). The van der Waals surface area contributed by atoms with Gasteiger partial charge in [-0.1, -0.05) is 29.3 Å². The Morgan fingerprint density at radius 2 is 1.90 bits per heavy atom. The molecule has 102 valence electrons. The first kappa shape index (κ1) is 13.3. The van der Waals surface area contributed by atoms with Crippen molar-refractivity contribution in [3.63, 3.8) is 0 Å². The van der Waals surface area contributed by atoms with Crippen LogP contribution in [-0.2, 0) is 6.54 Å². The third-order valence-electron chi connectivity index (χ3n) is 3.18. The van der Waals surface area contributed by atoms with E-state index in [1.54, 1.807) is 11.3 Å². The number of thiophene rings is 1. The maximum Gasteiger partial charge on any atom is 0.151 e. The van der Waals surface area contributed by atoms with Crippen molar-refractivity contribution in [2.75, 3.05) is 11.9 Å². The fourth-order valence-corrected chi connectivity index (χ4v) is 3.12. The van der Waals surface area contributed by atoms with Crippen molar-refractivity contribution in [2.45, 2.75) is 13.5 Å². The lowest BCUT2D eigenvalue weighted by atomic mass is 10.2. The van der Waals surface area contributed by atoms with E-state index in [4.69, 9.17) is 11.6 Å². The third-order valence-corrected chi connectivity index (χ3v) is 4.27. The third kappa shape index (κ3) is 2.62. The van der Waals surface area contributed by atoms with Crippen LogP contribution < -0.4 is 4.90 Å². The van der Waals surface area contributed by atoms with E-state index >= 15 is 0 Å². The van der Waals surface area contributed by atoms with Crippen molar-refractivity contribution < 1.29 is 0 Å². The highest BCUT2D eigenvalue weighted by molar-refractivity contribution is 7.16. The minimum absolute atomic E-state index is 0.531. The van der Waals surface area contributed by atoms with E-state index in [1.165, 1.54) is 5.56 Å². The van der Waals surface area contributed by atoms with E-state index < -0.39 is 0 Å². The summed E-state index contributed by atoms with van der Waals surface area (Å²) in [6.07, 6.45) is 0. The molecule has 3 aromatic rings. The predicted octanol–water partition coefficient (Wildman–Crippen LogP) is 4.29. The van der Waals surface area contributed by atoms with Crippen LogP contribution in [-0.4, -0.2) is 17.0 Å². The summed E-state index contributed by atoms with van der Waals surface area (Å²) >= 11 is 7.78. The summed E-state index contributed by atoms with van der Waals surface area (Å²) in [6.45, 7) is 2.72. The zero-order valence-electron chi connectivity index (χ0n) is 11.3. The smallest absolute Gasteiger partial charge is 0.151 e. The van der Waals surface area contributed by atoms with Crippen molar-refractivity contribution in [1.29, 1.82) is 0 Å². The molecule has 0 aliphatic carbocycles. The molecule has 0 radical (unpaired) electrons. The SMILES string of the molecule is Cc1ccc(N(C)Cc2nc(Cl)c3ccsc3n2)cc1.